The van der Waals surface area contributed by atoms with Gasteiger partial charge in [-0.05, 0) is 61.6 Å². The van der Waals surface area contributed by atoms with Crippen LogP contribution < -0.4 is 10.1 Å². The van der Waals surface area contributed by atoms with Crippen molar-refractivity contribution in [3.63, 3.8) is 0 Å². The minimum Gasteiger partial charge on any atom is -0.497 e. The number of carbonyl (C=O) groups excluding carboxylic acids is 1. The number of aryl methyl sites for hydroxylation is 1. The third-order valence-corrected chi connectivity index (χ3v) is 6.58. The van der Waals surface area contributed by atoms with Gasteiger partial charge in [-0.3, -0.25) is 9.48 Å². The fraction of sp³-hybridized carbons (Fsp3) is 0.429. The Morgan fingerprint density at radius 2 is 1.57 bits per heavy atom. The van der Waals surface area contributed by atoms with Crippen LogP contribution in [0.3, 0.4) is 0 Å². The number of hydrogen-bond donors (Lipinski definition) is 1. The van der Waals surface area contributed by atoms with Crippen molar-refractivity contribution in [1.82, 2.24) is 9.78 Å². The fourth-order valence-electron chi connectivity index (χ4n) is 4.71. The van der Waals surface area contributed by atoms with Gasteiger partial charge in [0.15, 0.2) is 0 Å². The molecule has 0 atom stereocenters. The zero-order chi connectivity index (χ0) is 30.0. The predicted molar refractivity (Wildman–Crippen MR) is 138 cm³/mol. The van der Waals surface area contributed by atoms with E-state index in [1.54, 1.807) is 51.6 Å². The highest BCUT2D eigenvalue weighted by atomic mass is 19.4. The van der Waals surface area contributed by atoms with Crippen LogP contribution in [0.1, 0.15) is 52.3 Å². The van der Waals surface area contributed by atoms with Gasteiger partial charge in [0.05, 0.1) is 24.9 Å². The summed E-state index contributed by atoms with van der Waals surface area (Å²) in [5.74, 6) is -0.196. The lowest BCUT2D eigenvalue weighted by molar-refractivity contribution is -0.383. The van der Waals surface area contributed by atoms with Gasteiger partial charge in [0.1, 0.15) is 5.75 Å². The van der Waals surface area contributed by atoms with Crippen LogP contribution in [-0.4, -0.2) is 42.3 Å². The van der Waals surface area contributed by atoms with Gasteiger partial charge < -0.3 is 14.8 Å². The van der Waals surface area contributed by atoms with Crippen molar-refractivity contribution in [2.24, 2.45) is 5.92 Å². The number of benzene rings is 2. The number of anilines is 1. The molecule has 3 rings (SSSR count). The smallest absolute Gasteiger partial charge is 0.430 e. The molecule has 0 unspecified atom stereocenters. The van der Waals surface area contributed by atoms with Crippen molar-refractivity contribution < 1.29 is 40.6 Å². The van der Waals surface area contributed by atoms with Crippen LogP contribution in [0.15, 0.2) is 42.5 Å². The van der Waals surface area contributed by atoms with E-state index in [9.17, 15) is 31.1 Å². The molecule has 2 aromatic carbocycles. The minimum absolute atomic E-state index is 0.0421. The van der Waals surface area contributed by atoms with Crippen molar-refractivity contribution in [2.75, 3.05) is 19.5 Å². The molecule has 1 amide bonds. The Labute approximate surface area is 228 Å². The number of methoxy groups -OCH3 is 2. The number of amides is 1. The monoisotopic (exact) mass is 571 g/mol. The highest BCUT2D eigenvalue weighted by molar-refractivity contribution is 6.05. The maximum absolute atomic E-state index is 14.0. The summed E-state index contributed by atoms with van der Waals surface area (Å²) in [6, 6.07) is 10.2. The Hall–Kier alpha value is -3.54. The van der Waals surface area contributed by atoms with Crippen molar-refractivity contribution in [2.45, 2.75) is 58.6 Å². The lowest BCUT2D eigenvalue weighted by Crippen LogP contribution is -2.55. The lowest BCUT2D eigenvalue weighted by Gasteiger charge is -2.37. The van der Waals surface area contributed by atoms with Crippen LogP contribution in [-0.2, 0) is 23.3 Å². The van der Waals surface area contributed by atoms with E-state index >= 15 is 0 Å². The van der Waals surface area contributed by atoms with Gasteiger partial charge in [0.2, 0.25) is 0 Å². The van der Waals surface area contributed by atoms with Crippen LogP contribution in [0, 0.1) is 19.8 Å². The number of aromatic nitrogens is 2. The second-order valence-corrected chi connectivity index (χ2v) is 9.86. The molecule has 0 radical (unpaired) electrons. The van der Waals surface area contributed by atoms with E-state index in [1.165, 1.54) is 0 Å². The van der Waals surface area contributed by atoms with Gasteiger partial charge in [-0.25, -0.2) is 0 Å². The zero-order valence-electron chi connectivity index (χ0n) is 22.9. The van der Waals surface area contributed by atoms with Gasteiger partial charge >= 0.3 is 12.4 Å². The summed E-state index contributed by atoms with van der Waals surface area (Å²) >= 11 is 0. The first kappa shape index (κ1) is 31.0. The molecular formula is C28H31F6N3O3. The number of ether oxygens (including phenoxy) is 2. The molecule has 1 N–H and O–H groups in total. The summed E-state index contributed by atoms with van der Waals surface area (Å²) in [7, 11) is 1.94. The average Bonchev–Trinajstić information content (AvgIpc) is 3.11. The molecular weight excluding hydrogens is 540 g/mol. The number of hydrogen-bond acceptors (Lipinski definition) is 4. The SMILES string of the molecule is COc1ccc(Cn2nc(C)c(C(=O)Nc3ccc(C(OC)(C(F)(F)F)C(F)(F)F)c(CC(C)C)c3)c2C)cc1. The van der Waals surface area contributed by atoms with Gasteiger partial charge in [0.25, 0.3) is 11.5 Å². The number of alkyl halides is 6. The molecule has 1 aromatic heterocycles. The van der Waals surface area contributed by atoms with Gasteiger partial charge in [0, 0.05) is 24.1 Å². The number of nitrogens with zero attached hydrogens (tertiary/aromatic N) is 2. The molecule has 12 heteroatoms. The molecule has 0 aliphatic carbocycles. The van der Waals surface area contributed by atoms with Crippen molar-refractivity contribution >= 4 is 11.6 Å². The maximum atomic E-state index is 14.0. The standard InChI is InChI=1S/C28H31F6N3O3/c1-16(2)13-20-14-21(9-12-23(20)26(40-6,27(29,30)31)28(32,33)34)35-25(38)24-17(3)36-37(18(24)4)15-19-7-10-22(39-5)11-8-19/h7-12,14,16H,13,15H2,1-6H3,(H,35,38). The first-order chi connectivity index (χ1) is 18.6. The fourth-order valence-corrected chi connectivity index (χ4v) is 4.71. The van der Waals surface area contributed by atoms with E-state index in [1.807, 2.05) is 12.1 Å². The molecule has 40 heavy (non-hydrogen) atoms. The molecule has 6 nitrogen and oxygen atoms in total. The molecule has 0 bridgehead atoms. The zero-order valence-corrected chi connectivity index (χ0v) is 22.9. The van der Waals surface area contributed by atoms with E-state index in [-0.39, 0.29) is 29.2 Å². The Morgan fingerprint density at radius 1 is 0.975 bits per heavy atom. The second kappa shape index (κ2) is 11.5. The van der Waals surface area contributed by atoms with E-state index in [2.05, 4.69) is 15.2 Å². The molecule has 218 valence electrons. The van der Waals surface area contributed by atoms with Crippen LogP contribution in [0.25, 0.3) is 0 Å². The number of carbonyl (C=O) groups is 1. The summed E-state index contributed by atoms with van der Waals surface area (Å²) in [4.78, 5) is 13.2. The van der Waals surface area contributed by atoms with Crippen molar-refractivity contribution in [1.29, 1.82) is 0 Å². The van der Waals surface area contributed by atoms with Gasteiger partial charge in [-0.15, -0.1) is 0 Å². The van der Waals surface area contributed by atoms with Crippen molar-refractivity contribution in [3.05, 3.63) is 76.1 Å². The molecule has 3 aromatic rings. The predicted octanol–water partition coefficient (Wildman–Crippen LogP) is 6.97. The molecule has 0 saturated carbocycles. The maximum Gasteiger partial charge on any atom is 0.430 e. The Kier molecular flexibility index (Phi) is 8.93. The van der Waals surface area contributed by atoms with Crippen LogP contribution in [0.5, 0.6) is 5.75 Å². The molecule has 0 aliphatic rings. The van der Waals surface area contributed by atoms with Gasteiger partial charge in [-0.2, -0.15) is 31.4 Å². The number of nitrogens with one attached hydrogen (secondary N) is 1. The average molecular weight is 572 g/mol. The van der Waals surface area contributed by atoms with Crippen molar-refractivity contribution in [3.8, 4) is 5.75 Å². The summed E-state index contributed by atoms with van der Waals surface area (Å²) in [6.07, 6.45) is -11.7. The van der Waals surface area contributed by atoms with E-state index in [4.69, 9.17) is 4.74 Å². The third-order valence-electron chi connectivity index (χ3n) is 6.58. The first-order valence-electron chi connectivity index (χ1n) is 12.4. The van der Waals surface area contributed by atoms with E-state index < -0.39 is 29.4 Å². The van der Waals surface area contributed by atoms with E-state index in [0.717, 1.165) is 17.7 Å². The second-order valence-electron chi connectivity index (χ2n) is 9.86. The molecule has 0 fully saturated rings. The summed E-state index contributed by atoms with van der Waals surface area (Å²) < 4.78 is 94.8. The molecule has 0 saturated heterocycles. The summed E-state index contributed by atoms with van der Waals surface area (Å²) in [6.45, 7) is 7.03. The highest BCUT2D eigenvalue weighted by Gasteiger charge is 2.73. The topological polar surface area (TPSA) is 65.4 Å². The molecule has 1 heterocycles. The first-order valence-corrected chi connectivity index (χ1v) is 12.4. The van der Waals surface area contributed by atoms with Crippen LogP contribution in [0.2, 0.25) is 0 Å². The summed E-state index contributed by atoms with van der Waals surface area (Å²) in [5.41, 5.74) is -3.69. The molecule has 0 aliphatic heterocycles. The third kappa shape index (κ3) is 5.96. The quantitative estimate of drug-likeness (QED) is 0.282. The highest BCUT2D eigenvalue weighted by Crippen LogP contribution is 2.53. The Morgan fingerprint density at radius 3 is 2.08 bits per heavy atom. The van der Waals surface area contributed by atoms with Crippen LogP contribution in [0.4, 0.5) is 32.0 Å². The normalized spacial score (nSPS) is 12.6. The molecule has 0 spiro atoms. The van der Waals surface area contributed by atoms with E-state index in [0.29, 0.717) is 36.9 Å². The van der Waals surface area contributed by atoms with Gasteiger partial charge in [-0.1, -0.05) is 32.0 Å². The lowest BCUT2D eigenvalue weighted by atomic mass is 9.84. The Balaban J connectivity index is 1.98. The minimum atomic E-state index is -5.79. The summed E-state index contributed by atoms with van der Waals surface area (Å²) in [5, 5.41) is 7.05. The van der Waals surface area contributed by atoms with Crippen LogP contribution >= 0.6 is 0 Å². The number of halogens is 6. The number of rotatable bonds is 9. The Bertz CT molecular complexity index is 1330. The largest absolute Gasteiger partial charge is 0.497 e.